The number of hydrogen-bond donors (Lipinski definition) is 1. The number of aryl methyl sites for hydroxylation is 1. The Kier molecular flexibility index (Phi) is 2.44. The topological polar surface area (TPSA) is 56.0 Å². The molecule has 0 atom stereocenters. The molecular weight excluding hydrogens is 152 g/mol. The number of carbonyl (C=O) groups is 1. The van der Waals surface area contributed by atoms with E-state index in [1.54, 1.807) is 12.3 Å². The second-order valence-electron chi connectivity index (χ2n) is 2.31. The van der Waals surface area contributed by atoms with Gasteiger partial charge in [-0.3, -0.25) is 4.79 Å². The molecular formula is C9H8N2O. The second kappa shape index (κ2) is 3.54. The summed E-state index contributed by atoms with van der Waals surface area (Å²) >= 11 is 0. The number of nitrogen functional groups attached to an aromatic ring is 1. The fourth-order valence-electron chi connectivity index (χ4n) is 0.767. The van der Waals surface area contributed by atoms with Crippen LogP contribution in [0.3, 0.4) is 0 Å². The van der Waals surface area contributed by atoms with Crippen molar-refractivity contribution in [3.8, 4) is 11.8 Å². The van der Waals surface area contributed by atoms with E-state index in [1.807, 2.05) is 6.92 Å². The quantitative estimate of drug-likeness (QED) is 0.444. The highest BCUT2D eigenvalue weighted by Crippen LogP contribution is 2.07. The molecule has 1 aromatic heterocycles. The number of nitrogens with two attached hydrogens (primary N) is 1. The lowest BCUT2D eigenvalue weighted by atomic mass is 10.2. The molecule has 2 N–H and O–H groups in total. The Morgan fingerprint density at radius 3 is 3.00 bits per heavy atom. The molecule has 3 nitrogen and oxygen atoms in total. The Hall–Kier alpha value is -1.82. The lowest BCUT2D eigenvalue weighted by Crippen LogP contribution is -1.93. The summed E-state index contributed by atoms with van der Waals surface area (Å²) in [5.41, 5.74) is 7.06. The van der Waals surface area contributed by atoms with Gasteiger partial charge in [0.15, 0.2) is 6.29 Å². The van der Waals surface area contributed by atoms with Crippen LogP contribution >= 0.6 is 0 Å². The third-order valence-electron chi connectivity index (χ3n) is 1.39. The molecule has 1 heterocycles. The molecule has 0 saturated heterocycles. The third kappa shape index (κ3) is 1.83. The van der Waals surface area contributed by atoms with Crippen LogP contribution in [0.25, 0.3) is 0 Å². The van der Waals surface area contributed by atoms with Crippen LogP contribution in [0.4, 0.5) is 5.82 Å². The van der Waals surface area contributed by atoms with Crippen molar-refractivity contribution in [1.29, 1.82) is 0 Å². The van der Waals surface area contributed by atoms with Crippen LogP contribution in [0, 0.1) is 18.8 Å². The zero-order valence-corrected chi connectivity index (χ0v) is 6.66. The van der Waals surface area contributed by atoms with E-state index in [0.29, 0.717) is 17.7 Å². The van der Waals surface area contributed by atoms with Crippen molar-refractivity contribution in [3.05, 3.63) is 23.4 Å². The van der Waals surface area contributed by atoms with Gasteiger partial charge in [0.25, 0.3) is 0 Å². The summed E-state index contributed by atoms with van der Waals surface area (Å²) in [4.78, 5) is 13.8. The van der Waals surface area contributed by atoms with E-state index in [4.69, 9.17) is 5.73 Å². The van der Waals surface area contributed by atoms with Crippen molar-refractivity contribution in [2.75, 3.05) is 5.73 Å². The predicted octanol–water partition coefficient (Wildman–Crippen LogP) is 0.523. The SMILES string of the molecule is Cc1cc(C#CC=O)cnc1N. The average molecular weight is 160 g/mol. The minimum Gasteiger partial charge on any atom is -0.383 e. The van der Waals surface area contributed by atoms with Crippen LogP contribution in [-0.4, -0.2) is 11.3 Å². The van der Waals surface area contributed by atoms with E-state index in [0.717, 1.165) is 5.56 Å². The average Bonchev–Trinajstić information content (AvgIpc) is 2.07. The maximum Gasteiger partial charge on any atom is 0.193 e. The van der Waals surface area contributed by atoms with Crippen molar-refractivity contribution >= 4 is 12.1 Å². The number of pyridine rings is 1. The highest BCUT2D eigenvalue weighted by atomic mass is 16.1. The molecule has 60 valence electrons. The number of rotatable bonds is 0. The lowest BCUT2D eigenvalue weighted by Gasteiger charge is -1.96. The van der Waals surface area contributed by atoms with E-state index in [2.05, 4.69) is 16.8 Å². The summed E-state index contributed by atoms with van der Waals surface area (Å²) in [7, 11) is 0. The Bertz CT molecular complexity index is 361. The van der Waals surface area contributed by atoms with E-state index in [1.165, 1.54) is 0 Å². The van der Waals surface area contributed by atoms with Crippen LogP contribution < -0.4 is 5.73 Å². The van der Waals surface area contributed by atoms with Gasteiger partial charge in [-0.2, -0.15) is 0 Å². The maximum atomic E-state index is 9.91. The number of aromatic nitrogens is 1. The van der Waals surface area contributed by atoms with Gasteiger partial charge in [-0.25, -0.2) is 4.98 Å². The van der Waals surface area contributed by atoms with E-state index < -0.39 is 0 Å². The van der Waals surface area contributed by atoms with Crippen molar-refractivity contribution in [2.24, 2.45) is 0 Å². The summed E-state index contributed by atoms with van der Waals surface area (Å²) < 4.78 is 0. The van der Waals surface area contributed by atoms with Crippen molar-refractivity contribution in [2.45, 2.75) is 6.92 Å². The number of carbonyl (C=O) groups excluding carboxylic acids is 1. The molecule has 0 spiro atoms. The molecule has 3 heteroatoms. The number of nitrogens with zero attached hydrogens (tertiary/aromatic N) is 1. The van der Waals surface area contributed by atoms with Gasteiger partial charge in [-0.05, 0) is 24.5 Å². The summed E-state index contributed by atoms with van der Waals surface area (Å²) in [6.45, 7) is 1.84. The molecule has 1 rings (SSSR count). The third-order valence-corrected chi connectivity index (χ3v) is 1.39. The number of aldehydes is 1. The normalized spacial score (nSPS) is 8.42. The Morgan fingerprint density at radius 2 is 2.42 bits per heavy atom. The molecule has 0 aromatic carbocycles. The van der Waals surface area contributed by atoms with Crippen molar-refractivity contribution in [3.63, 3.8) is 0 Å². The molecule has 0 unspecified atom stereocenters. The van der Waals surface area contributed by atoms with Gasteiger partial charge < -0.3 is 5.73 Å². The Morgan fingerprint density at radius 1 is 1.67 bits per heavy atom. The first-order valence-corrected chi connectivity index (χ1v) is 3.41. The molecule has 0 fully saturated rings. The van der Waals surface area contributed by atoms with Crippen molar-refractivity contribution < 1.29 is 4.79 Å². The van der Waals surface area contributed by atoms with Crippen LogP contribution in [0.15, 0.2) is 12.3 Å². The maximum absolute atomic E-state index is 9.91. The van der Waals surface area contributed by atoms with Crippen molar-refractivity contribution in [1.82, 2.24) is 4.98 Å². The van der Waals surface area contributed by atoms with Gasteiger partial charge in [0, 0.05) is 11.8 Å². The smallest absolute Gasteiger partial charge is 0.193 e. The molecule has 0 aliphatic heterocycles. The van der Waals surface area contributed by atoms with Gasteiger partial charge in [0.1, 0.15) is 5.82 Å². The lowest BCUT2D eigenvalue weighted by molar-refractivity contribution is -0.103. The summed E-state index contributed by atoms with van der Waals surface area (Å²) in [5, 5.41) is 0. The van der Waals surface area contributed by atoms with Crippen LogP contribution in [0.5, 0.6) is 0 Å². The van der Waals surface area contributed by atoms with Crippen LogP contribution in [-0.2, 0) is 4.79 Å². The fraction of sp³-hybridized carbons (Fsp3) is 0.111. The van der Waals surface area contributed by atoms with E-state index in [-0.39, 0.29) is 0 Å². The highest BCUT2D eigenvalue weighted by Gasteiger charge is 1.93. The molecule has 1 aromatic rings. The predicted molar refractivity (Wildman–Crippen MR) is 46.3 cm³/mol. The molecule has 0 amide bonds. The molecule has 0 aliphatic rings. The largest absolute Gasteiger partial charge is 0.383 e. The van der Waals surface area contributed by atoms with Gasteiger partial charge >= 0.3 is 0 Å². The Balaban J connectivity index is 3.04. The van der Waals surface area contributed by atoms with Gasteiger partial charge in [0.05, 0.1) is 0 Å². The number of anilines is 1. The van der Waals surface area contributed by atoms with E-state index in [9.17, 15) is 4.79 Å². The van der Waals surface area contributed by atoms with Crippen LogP contribution in [0.1, 0.15) is 11.1 Å². The van der Waals surface area contributed by atoms with Gasteiger partial charge in [-0.15, -0.1) is 0 Å². The zero-order valence-electron chi connectivity index (χ0n) is 6.66. The first-order chi connectivity index (χ1) is 5.74. The zero-order chi connectivity index (χ0) is 8.97. The number of hydrogen-bond acceptors (Lipinski definition) is 3. The molecule has 12 heavy (non-hydrogen) atoms. The fourth-order valence-corrected chi connectivity index (χ4v) is 0.767. The highest BCUT2D eigenvalue weighted by molar-refractivity contribution is 5.74. The van der Waals surface area contributed by atoms with Crippen LogP contribution in [0.2, 0.25) is 0 Å². The Labute approximate surface area is 70.6 Å². The monoisotopic (exact) mass is 160 g/mol. The molecule has 0 saturated carbocycles. The summed E-state index contributed by atoms with van der Waals surface area (Å²) in [5.74, 6) is 5.42. The van der Waals surface area contributed by atoms with Gasteiger partial charge in [0.2, 0.25) is 0 Å². The minimum absolute atomic E-state index is 0.492. The minimum atomic E-state index is 0.492. The molecule has 0 aliphatic carbocycles. The standard InChI is InChI=1S/C9H8N2O/c1-7-5-8(3-2-4-12)6-11-9(7)10/h4-6H,1H3,(H2,10,11). The summed E-state index contributed by atoms with van der Waals surface area (Å²) in [6.07, 6.45) is 2.09. The first kappa shape index (κ1) is 8.28. The molecule has 0 radical (unpaired) electrons. The van der Waals surface area contributed by atoms with E-state index >= 15 is 0 Å². The first-order valence-electron chi connectivity index (χ1n) is 3.41. The molecule has 0 bridgehead atoms. The second-order valence-corrected chi connectivity index (χ2v) is 2.31. The summed E-state index contributed by atoms with van der Waals surface area (Å²) in [6, 6.07) is 1.79. The van der Waals surface area contributed by atoms with Gasteiger partial charge in [-0.1, -0.05) is 5.92 Å².